The van der Waals surface area contributed by atoms with Gasteiger partial charge in [-0.2, -0.15) is 0 Å². The summed E-state index contributed by atoms with van der Waals surface area (Å²) < 4.78 is 51.3. The predicted molar refractivity (Wildman–Crippen MR) is 126 cm³/mol. The van der Waals surface area contributed by atoms with Crippen molar-refractivity contribution in [3.8, 4) is 5.75 Å². The Labute approximate surface area is 213 Å². The average molecular weight is 535 g/mol. The smallest absolute Gasteiger partial charge is 0.405 e. The lowest BCUT2D eigenvalue weighted by Crippen LogP contribution is -2.30. The van der Waals surface area contributed by atoms with Crippen molar-refractivity contribution >= 4 is 23.1 Å². The van der Waals surface area contributed by atoms with E-state index >= 15 is 0 Å². The summed E-state index contributed by atoms with van der Waals surface area (Å²) in [6.45, 7) is 0.675. The molecule has 0 bridgehead atoms. The van der Waals surface area contributed by atoms with E-state index in [4.69, 9.17) is 4.74 Å². The Bertz CT molecular complexity index is 1430. The maximum atomic E-state index is 13.1. The maximum Gasteiger partial charge on any atom is 0.573 e. The summed E-state index contributed by atoms with van der Waals surface area (Å²) >= 11 is 0. The monoisotopic (exact) mass is 535 g/mol. The van der Waals surface area contributed by atoms with E-state index in [-0.39, 0.29) is 42.4 Å². The van der Waals surface area contributed by atoms with Crippen LogP contribution in [0.4, 0.5) is 18.9 Å². The number of aliphatic hydroxyl groups is 1. The highest BCUT2D eigenvalue weighted by molar-refractivity contribution is 5.96. The first-order chi connectivity index (χ1) is 18.1. The van der Waals surface area contributed by atoms with Gasteiger partial charge >= 0.3 is 12.1 Å². The number of fused-ring (bicyclic) bond motifs is 1. The Morgan fingerprint density at radius 3 is 2.63 bits per heavy atom. The zero-order valence-electron chi connectivity index (χ0n) is 20.0. The molecule has 11 nitrogen and oxygen atoms in total. The van der Waals surface area contributed by atoms with Crippen LogP contribution in [0.2, 0.25) is 0 Å². The van der Waals surface area contributed by atoms with Crippen LogP contribution < -0.4 is 20.6 Å². The number of β-amino-alcohol motifs (C(OH)–C–C–N with tert-alkyl or cyclic N) is 1. The summed E-state index contributed by atoms with van der Waals surface area (Å²) in [6, 6.07) is 6.63. The first-order valence-corrected chi connectivity index (χ1v) is 11.9. The predicted octanol–water partition coefficient (Wildman–Crippen LogP) is 1.77. The van der Waals surface area contributed by atoms with Gasteiger partial charge in [-0.1, -0.05) is 6.07 Å². The Morgan fingerprint density at radius 1 is 1.18 bits per heavy atom. The molecule has 2 amide bonds. The van der Waals surface area contributed by atoms with Crippen LogP contribution in [-0.2, 0) is 16.1 Å². The summed E-state index contributed by atoms with van der Waals surface area (Å²) in [4.78, 5) is 38.9. The first kappa shape index (κ1) is 25.7. The van der Waals surface area contributed by atoms with Crippen molar-refractivity contribution in [2.45, 2.75) is 44.3 Å². The molecule has 14 heteroatoms. The number of hydrogen-bond acceptors (Lipinski definition) is 7. The van der Waals surface area contributed by atoms with Crippen LogP contribution in [0.1, 0.15) is 41.2 Å². The normalized spacial score (nSPS) is 18.8. The van der Waals surface area contributed by atoms with Crippen molar-refractivity contribution in [1.29, 1.82) is 0 Å². The molecule has 38 heavy (non-hydrogen) atoms. The van der Waals surface area contributed by atoms with Crippen LogP contribution in [0.3, 0.4) is 0 Å². The van der Waals surface area contributed by atoms with Gasteiger partial charge in [-0.05, 0) is 31.0 Å². The molecule has 2 aliphatic heterocycles. The Morgan fingerprint density at radius 2 is 1.95 bits per heavy atom. The first-order valence-electron chi connectivity index (χ1n) is 11.9. The third kappa shape index (κ3) is 5.36. The lowest BCUT2D eigenvalue weighted by atomic mass is 10.1. The molecular formula is C24H24F3N5O6. The van der Waals surface area contributed by atoms with Gasteiger partial charge in [0.2, 0.25) is 5.91 Å². The number of ether oxygens (including phenoxy) is 2. The number of rotatable bonds is 6. The summed E-state index contributed by atoms with van der Waals surface area (Å²) in [6.07, 6.45) is -3.44. The fourth-order valence-electron chi connectivity index (χ4n) is 4.59. The number of aliphatic hydroxyl groups excluding tert-OH is 1. The zero-order chi connectivity index (χ0) is 27.0. The lowest BCUT2D eigenvalue weighted by molar-refractivity contribution is -0.274. The van der Waals surface area contributed by atoms with E-state index in [1.165, 1.54) is 44.4 Å². The number of hydrogen-bond donors (Lipinski definition) is 2. The number of anilines is 1. The standard InChI is InChI=1S/C24H24F3N5O6/c25-24(26,27)38-19-9-17(30-13-18(33)10-21(30)34)3-1-14(19)11-28-22(35)15-2-4-20-29-32(23(36)31(20)12-15)16-5-7-37-8-6-16/h1-4,9,12,16,18,33H,5-8,10-11,13H2,(H,28,35)/t18-/m0/s1. The van der Waals surface area contributed by atoms with Gasteiger partial charge in [0.05, 0.1) is 30.7 Å². The molecular weight excluding hydrogens is 511 g/mol. The Balaban J connectivity index is 1.34. The van der Waals surface area contributed by atoms with Gasteiger partial charge < -0.3 is 24.8 Å². The van der Waals surface area contributed by atoms with Crippen LogP contribution in [0.5, 0.6) is 5.75 Å². The molecule has 202 valence electrons. The second kappa shape index (κ2) is 10.1. The number of benzene rings is 1. The molecule has 0 saturated carbocycles. The molecule has 0 spiro atoms. The molecule has 0 unspecified atom stereocenters. The Hall–Kier alpha value is -3.91. The SMILES string of the molecule is O=C(NCc1ccc(N2C[C@@H](O)CC2=O)cc1OC(F)(F)F)c1ccc2nn(C3CCOCC3)c(=O)n2c1. The molecule has 1 aromatic carbocycles. The average Bonchev–Trinajstić information content (AvgIpc) is 3.40. The fourth-order valence-corrected chi connectivity index (χ4v) is 4.59. The van der Waals surface area contributed by atoms with Crippen molar-refractivity contribution in [2.75, 3.05) is 24.7 Å². The van der Waals surface area contributed by atoms with Gasteiger partial charge in [-0.15, -0.1) is 18.3 Å². The number of nitrogens with zero attached hydrogens (tertiary/aromatic N) is 4. The number of halogens is 3. The molecule has 0 radical (unpaired) electrons. The molecule has 2 fully saturated rings. The summed E-state index contributed by atoms with van der Waals surface area (Å²) in [5, 5.41) is 16.6. The number of carbonyl (C=O) groups excluding carboxylic acids is 2. The molecule has 2 N–H and O–H groups in total. The molecule has 2 aromatic heterocycles. The van der Waals surface area contributed by atoms with Crippen LogP contribution in [0, 0.1) is 0 Å². The number of amides is 2. The number of aromatic nitrogens is 3. The summed E-state index contributed by atoms with van der Waals surface area (Å²) in [5.41, 5.74) is 0.206. The molecule has 3 aromatic rings. The summed E-state index contributed by atoms with van der Waals surface area (Å²) in [7, 11) is 0. The fraction of sp³-hybridized carbons (Fsp3) is 0.417. The van der Waals surface area contributed by atoms with E-state index in [1.807, 2.05) is 0 Å². The summed E-state index contributed by atoms with van der Waals surface area (Å²) in [5.74, 6) is -1.64. The lowest BCUT2D eigenvalue weighted by Gasteiger charge is -2.20. The van der Waals surface area contributed by atoms with E-state index < -0.39 is 35.7 Å². The van der Waals surface area contributed by atoms with Crippen molar-refractivity contribution in [1.82, 2.24) is 19.5 Å². The topological polar surface area (TPSA) is 127 Å². The second-order valence-electron chi connectivity index (χ2n) is 9.10. The quantitative estimate of drug-likeness (QED) is 0.493. The molecule has 4 heterocycles. The zero-order valence-corrected chi connectivity index (χ0v) is 20.0. The van der Waals surface area contributed by atoms with E-state index in [9.17, 15) is 32.7 Å². The minimum Gasteiger partial charge on any atom is -0.405 e. The number of alkyl halides is 3. The van der Waals surface area contributed by atoms with E-state index in [0.29, 0.717) is 31.7 Å². The van der Waals surface area contributed by atoms with Crippen molar-refractivity contribution in [3.05, 3.63) is 58.1 Å². The van der Waals surface area contributed by atoms with Crippen molar-refractivity contribution < 1.29 is 37.3 Å². The van der Waals surface area contributed by atoms with E-state index in [1.54, 1.807) is 0 Å². The van der Waals surface area contributed by atoms with E-state index in [0.717, 1.165) is 6.07 Å². The number of carbonyl (C=O) groups is 2. The molecule has 1 atom stereocenters. The number of nitrogens with one attached hydrogen (secondary N) is 1. The van der Waals surface area contributed by atoms with Gasteiger partial charge in [0, 0.05) is 43.3 Å². The van der Waals surface area contributed by atoms with Gasteiger partial charge in [-0.25, -0.2) is 13.9 Å². The molecule has 5 rings (SSSR count). The van der Waals surface area contributed by atoms with Crippen molar-refractivity contribution in [3.63, 3.8) is 0 Å². The molecule has 2 saturated heterocycles. The second-order valence-corrected chi connectivity index (χ2v) is 9.10. The van der Waals surface area contributed by atoms with Crippen LogP contribution >= 0.6 is 0 Å². The van der Waals surface area contributed by atoms with Gasteiger partial charge in [-0.3, -0.25) is 9.59 Å². The molecule has 0 aliphatic carbocycles. The third-order valence-corrected chi connectivity index (χ3v) is 6.47. The van der Waals surface area contributed by atoms with Gasteiger partial charge in [0.15, 0.2) is 5.65 Å². The van der Waals surface area contributed by atoms with Crippen LogP contribution in [0.25, 0.3) is 5.65 Å². The number of pyridine rings is 1. The molecule has 2 aliphatic rings. The highest BCUT2D eigenvalue weighted by atomic mass is 19.4. The minimum absolute atomic E-state index is 0.0113. The van der Waals surface area contributed by atoms with Gasteiger partial charge in [0.1, 0.15) is 5.75 Å². The highest BCUT2D eigenvalue weighted by Gasteiger charge is 2.34. The third-order valence-electron chi connectivity index (χ3n) is 6.47. The van der Waals surface area contributed by atoms with Crippen molar-refractivity contribution in [2.24, 2.45) is 0 Å². The highest BCUT2D eigenvalue weighted by Crippen LogP contribution is 2.32. The van der Waals surface area contributed by atoms with Crippen LogP contribution in [-0.4, -0.2) is 63.3 Å². The largest absolute Gasteiger partial charge is 0.573 e. The van der Waals surface area contributed by atoms with Crippen LogP contribution in [0.15, 0.2) is 41.3 Å². The maximum absolute atomic E-state index is 13.1. The van der Waals surface area contributed by atoms with Gasteiger partial charge in [0.25, 0.3) is 5.91 Å². The Kier molecular flexibility index (Phi) is 6.84. The van der Waals surface area contributed by atoms with E-state index in [2.05, 4.69) is 15.2 Å². The minimum atomic E-state index is -5.01.